The van der Waals surface area contributed by atoms with Crippen LogP contribution in [0.3, 0.4) is 0 Å². The minimum atomic E-state index is 1.12. The van der Waals surface area contributed by atoms with E-state index in [4.69, 9.17) is 0 Å². The van der Waals surface area contributed by atoms with E-state index in [0.717, 1.165) is 11.4 Å². The Balaban J connectivity index is 1.14. The molecule has 54 heavy (non-hydrogen) atoms. The summed E-state index contributed by atoms with van der Waals surface area (Å²) in [5, 5.41) is 5.14. The van der Waals surface area contributed by atoms with Crippen LogP contribution in [-0.4, -0.2) is 0 Å². The van der Waals surface area contributed by atoms with E-state index in [1.807, 2.05) is 11.3 Å². The van der Waals surface area contributed by atoms with Crippen LogP contribution in [0.4, 0.5) is 17.1 Å². The topological polar surface area (TPSA) is 3.24 Å². The van der Waals surface area contributed by atoms with Crippen molar-refractivity contribution < 1.29 is 0 Å². The number of thiophene rings is 1. The largest absolute Gasteiger partial charge is 0.309 e. The molecule has 10 aromatic rings. The lowest BCUT2D eigenvalue weighted by Crippen LogP contribution is -2.10. The molecule has 0 aliphatic heterocycles. The summed E-state index contributed by atoms with van der Waals surface area (Å²) in [7, 11) is 0. The molecule has 1 heterocycles. The number of rotatable bonds is 7. The van der Waals surface area contributed by atoms with E-state index >= 15 is 0 Å². The van der Waals surface area contributed by atoms with Crippen LogP contribution >= 0.6 is 11.3 Å². The van der Waals surface area contributed by atoms with Gasteiger partial charge in [0, 0.05) is 32.2 Å². The number of hydrogen-bond acceptors (Lipinski definition) is 2. The summed E-state index contributed by atoms with van der Waals surface area (Å²) in [5.41, 5.74) is 13.1. The SMILES string of the molecule is c1ccc(-c2ccc(-c3ccc(N(c4cccc(-c5ccccc5)c4)c4cccc5c4sc4c6ccccc6c(-c6ccccc6)cc54)cc3)cc2)cc1. The monoisotopic (exact) mass is 705 g/mol. The van der Waals surface area contributed by atoms with Gasteiger partial charge in [0.05, 0.1) is 10.4 Å². The van der Waals surface area contributed by atoms with Crippen molar-refractivity contribution in [2.24, 2.45) is 0 Å². The Morgan fingerprint density at radius 2 is 0.741 bits per heavy atom. The zero-order chi connectivity index (χ0) is 35.8. The zero-order valence-electron chi connectivity index (χ0n) is 29.6. The van der Waals surface area contributed by atoms with Crippen LogP contribution in [0.25, 0.3) is 75.5 Å². The van der Waals surface area contributed by atoms with Crippen LogP contribution < -0.4 is 4.90 Å². The van der Waals surface area contributed by atoms with Crippen LogP contribution in [0.1, 0.15) is 0 Å². The second-order valence-corrected chi connectivity index (χ2v) is 14.7. The minimum Gasteiger partial charge on any atom is -0.309 e. The summed E-state index contributed by atoms with van der Waals surface area (Å²) in [6.45, 7) is 0. The van der Waals surface area contributed by atoms with Gasteiger partial charge in [-0.2, -0.15) is 0 Å². The van der Waals surface area contributed by atoms with Crippen molar-refractivity contribution in [2.75, 3.05) is 4.90 Å². The first kappa shape index (κ1) is 32.0. The number of fused-ring (bicyclic) bond motifs is 5. The molecule has 0 saturated carbocycles. The molecule has 0 atom stereocenters. The fourth-order valence-corrected chi connectivity index (χ4v) is 9.13. The predicted molar refractivity (Wildman–Crippen MR) is 233 cm³/mol. The van der Waals surface area contributed by atoms with Crippen molar-refractivity contribution in [3.63, 3.8) is 0 Å². The molecule has 10 rings (SSSR count). The predicted octanol–water partition coefficient (Wildman–Crippen LogP) is 15.3. The van der Waals surface area contributed by atoms with Crippen molar-refractivity contribution in [1.29, 1.82) is 0 Å². The molecular formula is C52H35NS. The average molecular weight is 706 g/mol. The quantitative estimate of drug-likeness (QED) is 0.160. The highest BCUT2D eigenvalue weighted by atomic mass is 32.1. The Labute approximate surface area is 319 Å². The van der Waals surface area contributed by atoms with Gasteiger partial charge < -0.3 is 4.90 Å². The third-order valence-corrected chi connectivity index (χ3v) is 11.7. The van der Waals surface area contributed by atoms with Crippen molar-refractivity contribution in [3.8, 4) is 44.5 Å². The van der Waals surface area contributed by atoms with E-state index < -0.39 is 0 Å². The second-order valence-electron chi connectivity index (χ2n) is 13.7. The molecule has 0 saturated heterocycles. The van der Waals surface area contributed by atoms with Crippen LogP contribution in [-0.2, 0) is 0 Å². The summed E-state index contributed by atoms with van der Waals surface area (Å²) >= 11 is 1.90. The maximum absolute atomic E-state index is 2.44. The third-order valence-electron chi connectivity index (χ3n) is 10.5. The van der Waals surface area contributed by atoms with Crippen LogP contribution in [0.15, 0.2) is 212 Å². The molecule has 9 aromatic carbocycles. The molecular weight excluding hydrogens is 671 g/mol. The third kappa shape index (κ3) is 5.74. The highest BCUT2D eigenvalue weighted by Gasteiger charge is 2.20. The Morgan fingerprint density at radius 3 is 1.39 bits per heavy atom. The number of hydrogen-bond donors (Lipinski definition) is 0. The van der Waals surface area contributed by atoms with Crippen LogP contribution in [0.2, 0.25) is 0 Å². The number of benzene rings is 9. The van der Waals surface area contributed by atoms with Gasteiger partial charge in [-0.15, -0.1) is 11.3 Å². The minimum absolute atomic E-state index is 1.12. The lowest BCUT2D eigenvalue weighted by atomic mass is 9.95. The molecule has 0 aliphatic rings. The van der Waals surface area contributed by atoms with Gasteiger partial charge >= 0.3 is 0 Å². The smallest absolute Gasteiger partial charge is 0.0640 e. The van der Waals surface area contributed by atoms with Crippen LogP contribution in [0, 0.1) is 0 Å². The Kier molecular flexibility index (Phi) is 8.09. The highest BCUT2D eigenvalue weighted by molar-refractivity contribution is 7.27. The Bertz CT molecular complexity index is 2890. The van der Waals surface area contributed by atoms with Gasteiger partial charge in [-0.1, -0.05) is 176 Å². The first-order chi connectivity index (χ1) is 26.8. The van der Waals surface area contributed by atoms with Crippen molar-refractivity contribution >= 4 is 59.3 Å². The molecule has 1 nitrogen and oxygen atoms in total. The maximum atomic E-state index is 2.44. The fraction of sp³-hybridized carbons (Fsp3) is 0. The summed E-state index contributed by atoms with van der Waals surface area (Å²) < 4.78 is 2.59. The van der Waals surface area contributed by atoms with Crippen LogP contribution in [0.5, 0.6) is 0 Å². The molecule has 1 aromatic heterocycles. The lowest BCUT2D eigenvalue weighted by Gasteiger charge is -2.27. The van der Waals surface area contributed by atoms with Gasteiger partial charge in [-0.25, -0.2) is 0 Å². The number of nitrogens with zero attached hydrogens (tertiary/aromatic N) is 1. The molecule has 0 bridgehead atoms. The summed E-state index contributed by atoms with van der Waals surface area (Å²) in [5.74, 6) is 0. The van der Waals surface area contributed by atoms with Gasteiger partial charge in [0.1, 0.15) is 0 Å². The molecule has 0 unspecified atom stereocenters. The molecule has 0 fully saturated rings. The molecule has 2 heteroatoms. The molecule has 0 radical (unpaired) electrons. The van der Waals surface area contributed by atoms with Gasteiger partial charge in [-0.3, -0.25) is 0 Å². The van der Waals surface area contributed by atoms with Gasteiger partial charge in [0.25, 0.3) is 0 Å². The molecule has 0 amide bonds. The van der Waals surface area contributed by atoms with Gasteiger partial charge in [-0.05, 0) is 86.3 Å². The summed E-state index contributed by atoms with van der Waals surface area (Å²) in [6.07, 6.45) is 0. The van der Waals surface area contributed by atoms with Crippen molar-refractivity contribution in [3.05, 3.63) is 212 Å². The fourth-order valence-electron chi connectivity index (χ4n) is 7.81. The highest BCUT2D eigenvalue weighted by Crippen LogP contribution is 2.48. The van der Waals surface area contributed by atoms with Crippen molar-refractivity contribution in [1.82, 2.24) is 0 Å². The van der Waals surface area contributed by atoms with E-state index in [1.165, 1.54) is 81.1 Å². The Hall–Kier alpha value is -6.74. The molecule has 0 spiro atoms. The first-order valence-corrected chi connectivity index (χ1v) is 19.2. The average Bonchev–Trinajstić information content (AvgIpc) is 3.65. The maximum Gasteiger partial charge on any atom is 0.0640 e. The summed E-state index contributed by atoms with van der Waals surface area (Å²) in [4.78, 5) is 2.44. The Morgan fingerprint density at radius 1 is 0.278 bits per heavy atom. The van der Waals surface area contributed by atoms with E-state index in [9.17, 15) is 0 Å². The van der Waals surface area contributed by atoms with Gasteiger partial charge in [0.2, 0.25) is 0 Å². The zero-order valence-corrected chi connectivity index (χ0v) is 30.4. The van der Waals surface area contributed by atoms with Gasteiger partial charge in [0.15, 0.2) is 0 Å². The van der Waals surface area contributed by atoms with Crippen molar-refractivity contribution in [2.45, 2.75) is 0 Å². The first-order valence-electron chi connectivity index (χ1n) is 18.4. The van der Waals surface area contributed by atoms with E-state index in [1.54, 1.807) is 0 Å². The molecule has 254 valence electrons. The van der Waals surface area contributed by atoms with E-state index in [2.05, 4.69) is 217 Å². The molecule has 0 N–H and O–H groups in total. The van der Waals surface area contributed by atoms with E-state index in [0.29, 0.717) is 0 Å². The second kappa shape index (κ2) is 13.7. The summed E-state index contributed by atoms with van der Waals surface area (Å²) in [6, 6.07) is 77.0. The standard InChI is InChI=1S/C52H35NS/c1-4-14-36(15-5-1)38-26-28-39(29-27-38)40-30-32-43(33-31-40)53(44-21-12-20-42(34-44)37-16-6-2-7-17-37)50-25-13-24-47-49-35-48(41-18-8-3-9-19-41)45-22-10-11-23-46(45)51(49)54-52(47)50/h1-35H. The lowest BCUT2D eigenvalue weighted by molar-refractivity contribution is 1.30. The molecule has 0 aliphatic carbocycles. The normalized spacial score (nSPS) is 11.3. The number of anilines is 3. The van der Waals surface area contributed by atoms with E-state index in [-0.39, 0.29) is 0 Å².